The molecule has 184 valence electrons. The molecule has 2 N–H and O–H groups in total. The molecule has 0 bridgehead atoms. The number of carbonyl (C=O) groups excluding carboxylic acids is 2. The van der Waals surface area contributed by atoms with Crippen LogP contribution in [0.4, 0.5) is 5.82 Å². The normalized spacial score (nSPS) is 13.9. The van der Waals surface area contributed by atoms with Crippen molar-refractivity contribution in [1.29, 1.82) is 0 Å². The Labute approximate surface area is 209 Å². The van der Waals surface area contributed by atoms with Crippen LogP contribution in [-0.4, -0.2) is 53.9 Å². The molecule has 8 nitrogen and oxygen atoms in total. The lowest BCUT2D eigenvalue weighted by Gasteiger charge is -2.11. The van der Waals surface area contributed by atoms with Gasteiger partial charge in [0, 0.05) is 23.4 Å². The minimum atomic E-state index is -0.442. The van der Waals surface area contributed by atoms with E-state index >= 15 is 0 Å². The summed E-state index contributed by atoms with van der Waals surface area (Å²) in [5.41, 5.74) is 2.67. The Morgan fingerprint density at radius 3 is 2.40 bits per heavy atom. The fourth-order valence-electron chi connectivity index (χ4n) is 3.87. The van der Waals surface area contributed by atoms with Gasteiger partial charge in [-0.05, 0) is 69.3 Å². The number of aryl methyl sites for hydroxylation is 1. The number of rotatable bonds is 9. The van der Waals surface area contributed by atoms with Crippen LogP contribution in [-0.2, 0) is 16.0 Å². The molecule has 1 aliphatic rings. The van der Waals surface area contributed by atoms with E-state index in [1.54, 1.807) is 18.3 Å². The number of likely N-dealkylation sites (N-methyl/N-ethyl adjacent to an activating group) is 1. The summed E-state index contributed by atoms with van der Waals surface area (Å²) in [7, 11) is 4.04. The molecule has 0 atom stereocenters. The van der Waals surface area contributed by atoms with Gasteiger partial charge in [0.05, 0.1) is 5.39 Å². The predicted molar refractivity (Wildman–Crippen MR) is 140 cm³/mol. The standard InChI is InChI=1S/C26H31N5O3S/c1-14(2)13-19-27-23(29-21-16(4)24(32)30-25(21)33)20-15(3)22(35-26(20)28-19)17-7-9-18(10-8-17)34-12-11-31(5)6/h7-10,14H,11-13H2,1-6H3,(H2,27,28,29,30,32,33). The SMILES string of the molecule is CC1=C(Nc2nc(CC(C)C)nc3sc(-c4ccc(OCCN(C)C)cc4)c(C)c23)C(=O)NC1=O. The van der Waals surface area contributed by atoms with Crippen LogP contribution in [0.1, 0.15) is 32.2 Å². The van der Waals surface area contributed by atoms with Gasteiger partial charge in [-0.1, -0.05) is 13.8 Å². The first kappa shape index (κ1) is 24.8. The van der Waals surface area contributed by atoms with Gasteiger partial charge < -0.3 is 15.0 Å². The Kier molecular flexibility index (Phi) is 7.18. The van der Waals surface area contributed by atoms with Gasteiger partial charge in [-0.3, -0.25) is 14.9 Å². The van der Waals surface area contributed by atoms with Crippen LogP contribution in [0, 0.1) is 12.8 Å². The van der Waals surface area contributed by atoms with E-state index in [0.29, 0.717) is 36.2 Å². The summed E-state index contributed by atoms with van der Waals surface area (Å²) >= 11 is 1.60. The maximum Gasteiger partial charge on any atom is 0.275 e. The number of thiophene rings is 1. The van der Waals surface area contributed by atoms with E-state index in [4.69, 9.17) is 14.7 Å². The first-order valence-corrected chi connectivity index (χ1v) is 12.5. The lowest BCUT2D eigenvalue weighted by molar-refractivity contribution is -0.124. The summed E-state index contributed by atoms with van der Waals surface area (Å²) in [6, 6.07) is 8.06. The van der Waals surface area contributed by atoms with Crippen molar-refractivity contribution in [2.45, 2.75) is 34.1 Å². The fourth-order valence-corrected chi connectivity index (χ4v) is 5.07. The van der Waals surface area contributed by atoms with Gasteiger partial charge in [0.25, 0.3) is 11.8 Å². The maximum atomic E-state index is 12.3. The number of amides is 2. The molecule has 1 aromatic carbocycles. The highest BCUT2D eigenvalue weighted by Gasteiger charge is 2.29. The molecule has 9 heteroatoms. The third-order valence-corrected chi connectivity index (χ3v) is 7.00. The molecular formula is C26H31N5O3S. The molecule has 3 aromatic rings. The van der Waals surface area contributed by atoms with Crippen LogP contribution in [0.3, 0.4) is 0 Å². The molecule has 2 aromatic heterocycles. The van der Waals surface area contributed by atoms with Crippen molar-refractivity contribution in [3.05, 3.63) is 46.9 Å². The van der Waals surface area contributed by atoms with E-state index in [0.717, 1.165) is 38.5 Å². The van der Waals surface area contributed by atoms with Gasteiger partial charge in [-0.15, -0.1) is 11.3 Å². The van der Waals surface area contributed by atoms with E-state index in [2.05, 4.69) is 29.4 Å². The molecule has 1 aliphatic heterocycles. The van der Waals surface area contributed by atoms with Crippen molar-refractivity contribution in [3.63, 3.8) is 0 Å². The van der Waals surface area contributed by atoms with E-state index in [1.165, 1.54) is 0 Å². The topological polar surface area (TPSA) is 96.5 Å². The Morgan fingerprint density at radius 2 is 1.80 bits per heavy atom. The number of fused-ring (bicyclic) bond motifs is 1. The van der Waals surface area contributed by atoms with Crippen molar-refractivity contribution in [2.75, 3.05) is 32.6 Å². The van der Waals surface area contributed by atoms with Crippen molar-refractivity contribution < 1.29 is 14.3 Å². The molecule has 0 saturated carbocycles. The largest absolute Gasteiger partial charge is 0.492 e. The average molecular weight is 494 g/mol. The monoisotopic (exact) mass is 493 g/mol. The van der Waals surface area contributed by atoms with Gasteiger partial charge in [0.1, 0.15) is 34.5 Å². The maximum absolute atomic E-state index is 12.3. The Hall–Kier alpha value is -3.30. The Balaban J connectivity index is 1.73. The molecule has 35 heavy (non-hydrogen) atoms. The number of benzene rings is 1. The van der Waals surface area contributed by atoms with Crippen molar-refractivity contribution in [3.8, 4) is 16.2 Å². The molecule has 0 fully saturated rings. The number of nitrogens with one attached hydrogen (secondary N) is 2. The number of aromatic nitrogens is 2. The first-order valence-electron chi connectivity index (χ1n) is 11.7. The zero-order chi connectivity index (χ0) is 25.3. The second-order valence-electron chi connectivity index (χ2n) is 9.41. The molecule has 0 radical (unpaired) electrons. The number of carbonyl (C=O) groups is 2. The van der Waals surface area contributed by atoms with Crippen molar-refractivity contribution in [1.82, 2.24) is 20.2 Å². The Bertz CT molecular complexity index is 1310. The van der Waals surface area contributed by atoms with Crippen LogP contribution >= 0.6 is 11.3 Å². The molecule has 3 heterocycles. The number of hydrogen-bond donors (Lipinski definition) is 2. The lowest BCUT2D eigenvalue weighted by Crippen LogP contribution is -2.24. The number of imide groups is 1. The van der Waals surface area contributed by atoms with Gasteiger partial charge in [-0.25, -0.2) is 9.97 Å². The second kappa shape index (κ2) is 10.1. The Morgan fingerprint density at radius 1 is 1.09 bits per heavy atom. The summed E-state index contributed by atoms with van der Waals surface area (Å²) in [6.45, 7) is 9.37. The van der Waals surface area contributed by atoms with Crippen molar-refractivity contribution >= 4 is 39.2 Å². The molecule has 0 unspecified atom stereocenters. The quantitative estimate of drug-likeness (QED) is 0.432. The summed E-state index contributed by atoms with van der Waals surface area (Å²) in [6.07, 6.45) is 0.707. The molecule has 0 aliphatic carbocycles. The zero-order valence-corrected chi connectivity index (χ0v) is 21.8. The molecular weight excluding hydrogens is 462 g/mol. The van der Waals surface area contributed by atoms with Gasteiger partial charge >= 0.3 is 0 Å². The number of nitrogens with zero attached hydrogens (tertiary/aromatic N) is 3. The van der Waals surface area contributed by atoms with Gasteiger partial charge in [0.2, 0.25) is 0 Å². The number of anilines is 1. The number of hydrogen-bond acceptors (Lipinski definition) is 8. The van der Waals surface area contributed by atoms with Crippen LogP contribution in [0.15, 0.2) is 35.5 Å². The van der Waals surface area contributed by atoms with Crippen LogP contribution in [0.5, 0.6) is 5.75 Å². The molecule has 4 rings (SSSR count). The van der Waals surface area contributed by atoms with Crippen LogP contribution < -0.4 is 15.4 Å². The molecule has 2 amide bonds. The van der Waals surface area contributed by atoms with E-state index < -0.39 is 5.91 Å². The lowest BCUT2D eigenvalue weighted by atomic mass is 10.1. The van der Waals surface area contributed by atoms with Crippen molar-refractivity contribution in [2.24, 2.45) is 5.92 Å². The van der Waals surface area contributed by atoms with Crippen LogP contribution in [0.2, 0.25) is 0 Å². The summed E-state index contributed by atoms with van der Waals surface area (Å²) in [4.78, 5) is 37.9. The fraction of sp³-hybridized carbons (Fsp3) is 0.385. The first-order chi connectivity index (χ1) is 16.6. The summed E-state index contributed by atoms with van der Waals surface area (Å²) < 4.78 is 5.83. The third-order valence-electron chi connectivity index (χ3n) is 5.76. The highest BCUT2D eigenvalue weighted by molar-refractivity contribution is 7.22. The summed E-state index contributed by atoms with van der Waals surface area (Å²) in [5.74, 6) is 1.63. The third kappa shape index (κ3) is 5.36. The second-order valence-corrected chi connectivity index (χ2v) is 10.4. The van der Waals surface area contributed by atoms with Crippen LogP contribution in [0.25, 0.3) is 20.7 Å². The van der Waals surface area contributed by atoms with E-state index in [-0.39, 0.29) is 11.6 Å². The van der Waals surface area contributed by atoms with E-state index in [9.17, 15) is 9.59 Å². The molecule has 0 spiro atoms. The average Bonchev–Trinajstić information content (AvgIpc) is 3.24. The highest BCUT2D eigenvalue weighted by atomic mass is 32.1. The van der Waals surface area contributed by atoms with E-state index in [1.807, 2.05) is 45.3 Å². The minimum Gasteiger partial charge on any atom is -0.492 e. The number of ether oxygens (including phenoxy) is 1. The summed E-state index contributed by atoms with van der Waals surface area (Å²) in [5, 5.41) is 6.34. The highest BCUT2D eigenvalue weighted by Crippen LogP contribution is 2.41. The van der Waals surface area contributed by atoms with Gasteiger partial charge in [-0.2, -0.15) is 0 Å². The smallest absolute Gasteiger partial charge is 0.275 e. The minimum absolute atomic E-state index is 0.233. The van der Waals surface area contributed by atoms with Gasteiger partial charge in [0.15, 0.2) is 0 Å². The zero-order valence-electron chi connectivity index (χ0n) is 21.0. The molecule has 0 saturated heterocycles. The predicted octanol–water partition coefficient (Wildman–Crippen LogP) is 4.15.